The van der Waals surface area contributed by atoms with Crippen molar-refractivity contribution in [2.75, 3.05) is 0 Å². The molecule has 0 aliphatic carbocycles. The van der Waals surface area contributed by atoms with E-state index in [1.165, 1.54) is 0 Å². The van der Waals surface area contributed by atoms with Crippen LogP contribution in [0.25, 0.3) is 0 Å². The molecule has 1 unspecified atom stereocenters. The number of carboxylic acid groups (broad SMARTS) is 1. The van der Waals surface area contributed by atoms with Crippen LogP contribution >= 0.6 is 15.9 Å². The average Bonchev–Trinajstić information content (AvgIpc) is 2.30. The van der Waals surface area contributed by atoms with Gasteiger partial charge in [0.05, 0.1) is 12.8 Å². The van der Waals surface area contributed by atoms with Crippen LogP contribution in [0.15, 0.2) is 22.7 Å². The van der Waals surface area contributed by atoms with Crippen LogP contribution in [-0.4, -0.2) is 29.2 Å². The lowest BCUT2D eigenvalue weighted by Gasteiger charge is -2.16. The van der Waals surface area contributed by atoms with Gasteiger partial charge in [-0.25, -0.2) is 4.79 Å². The van der Waals surface area contributed by atoms with Crippen LogP contribution in [0.1, 0.15) is 17.5 Å². The number of benzene rings is 1. The third-order valence-corrected chi connectivity index (χ3v) is 3.22. The highest BCUT2D eigenvalue weighted by molar-refractivity contribution is 9.10. The minimum absolute atomic E-state index is 0.180. The lowest BCUT2D eigenvalue weighted by atomic mass is 10.1. The van der Waals surface area contributed by atoms with Crippen molar-refractivity contribution >= 4 is 27.8 Å². The van der Waals surface area contributed by atoms with Gasteiger partial charge >= 0.3 is 12.1 Å². The number of halogens is 4. The minimum Gasteiger partial charge on any atom is -0.480 e. The Labute approximate surface area is 127 Å². The first-order chi connectivity index (χ1) is 9.58. The van der Waals surface area contributed by atoms with E-state index in [9.17, 15) is 22.8 Å². The number of carboxylic acids is 1. The number of alkyl halides is 3. The predicted octanol–water partition coefficient (Wildman–Crippen LogP) is 2.82. The van der Waals surface area contributed by atoms with Crippen molar-refractivity contribution < 1.29 is 27.9 Å². The molecule has 0 radical (unpaired) electrons. The number of rotatable bonds is 5. The van der Waals surface area contributed by atoms with E-state index >= 15 is 0 Å². The molecule has 8 heteroatoms. The van der Waals surface area contributed by atoms with Gasteiger partial charge < -0.3 is 10.4 Å². The highest BCUT2D eigenvalue weighted by atomic mass is 79.9. The van der Waals surface area contributed by atoms with Gasteiger partial charge in [-0.2, -0.15) is 13.2 Å². The Kier molecular flexibility index (Phi) is 5.77. The third kappa shape index (κ3) is 6.16. The van der Waals surface area contributed by atoms with E-state index in [1.54, 1.807) is 25.1 Å². The summed E-state index contributed by atoms with van der Waals surface area (Å²) < 4.78 is 37.5. The van der Waals surface area contributed by atoms with Gasteiger partial charge in [0.15, 0.2) is 0 Å². The van der Waals surface area contributed by atoms with E-state index in [-0.39, 0.29) is 6.42 Å². The molecule has 1 amide bonds. The molecule has 0 fully saturated rings. The van der Waals surface area contributed by atoms with Crippen molar-refractivity contribution in [2.24, 2.45) is 0 Å². The highest BCUT2D eigenvalue weighted by Crippen LogP contribution is 2.22. The number of hydrogen-bond acceptors (Lipinski definition) is 2. The zero-order valence-electron chi connectivity index (χ0n) is 11.0. The van der Waals surface area contributed by atoms with Crippen LogP contribution < -0.4 is 5.32 Å². The summed E-state index contributed by atoms with van der Waals surface area (Å²) >= 11 is 3.25. The predicted molar refractivity (Wildman–Crippen MR) is 72.8 cm³/mol. The van der Waals surface area contributed by atoms with Gasteiger partial charge in [-0.05, 0) is 30.2 Å². The van der Waals surface area contributed by atoms with Crippen LogP contribution in [0.4, 0.5) is 13.2 Å². The van der Waals surface area contributed by atoms with Crippen molar-refractivity contribution in [3.05, 3.63) is 33.8 Å². The van der Waals surface area contributed by atoms with Crippen LogP contribution in [0.3, 0.4) is 0 Å². The summed E-state index contributed by atoms with van der Waals surface area (Å²) in [5.74, 6) is -2.48. The van der Waals surface area contributed by atoms with E-state index < -0.39 is 30.5 Å². The lowest BCUT2D eigenvalue weighted by Crippen LogP contribution is -2.44. The van der Waals surface area contributed by atoms with Gasteiger partial charge in [-0.3, -0.25) is 4.79 Å². The minimum atomic E-state index is -4.66. The maximum Gasteiger partial charge on any atom is 0.391 e. The summed E-state index contributed by atoms with van der Waals surface area (Å²) in [5, 5.41) is 10.6. The normalized spacial score (nSPS) is 12.8. The maximum absolute atomic E-state index is 12.2. The summed E-state index contributed by atoms with van der Waals surface area (Å²) in [6.07, 6.45) is -6.45. The Morgan fingerprint density at radius 2 is 2.00 bits per heavy atom. The molecule has 21 heavy (non-hydrogen) atoms. The van der Waals surface area contributed by atoms with E-state index in [0.29, 0.717) is 5.56 Å². The van der Waals surface area contributed by atoms with Crippen LogP contribution in [-0.2, 0) is 16.0 Å². The summed E-state index contributed by atoms with van der Waals surface area (Å²) in [5.41, 5.74) is 1.40. The van der Waals surface area contributed by atoms with Gasteiger partial charge in [0.25, 0.3) is 0 Å². The topological polar surface area (TPSA) is 66.4 Å². The highest BCUT2D eigenvalue weighted by Gasteiger charge is 2.36. The number of aliphatic carboxylic acids is 1. The first-order valence-electron chi connectivity index (χ1n) is 5.92. The van der Waals surface area contributed by atoms with Gasteiger partial charge in [-0.15, -0.1) is 0 Å². The molecule has 2 N–H and O–H groups in total. The molecule has 1 aromatic rings. The second-order valence-corrected chi connectivity index (χ2v) is 5.44. The zero-order valence-corrected chi connectivity index (χ0v) is 12.6. The second kappa shape index (κ2) is 6.93. The number of carbonyl (C=O) groups is 2. The fourth-order valence-corrected chi connectivity index (χ4v) is 2.18. The average molecular weight is 368 g/mol. The van der Waals surface area contributed by atoms with Crippen molar-refractivity contribution in [3.63, 3.8) is 0 Å². The molecule has 0 aromatic heterocycles. The fraction of sp³-hybridized carbons (Fsp3) is 0.385. The molecule has 4 nitrogen and oxygen atoms in total. The molecule has 0 spiro atoms. The first-order valence-corrected chi connectivity index (χ1v) is 6.72. The molecule has 1 rings (SSSR count). The number of amides is 1. The van der Waals surface area contributed by atoms with Crippen molar-refractivity contribution in [2.45, 2.75) is 32.0 Å². The largest absolute Gasteiger partial charge is 0.480 e. The third-order valence-electron chi connectivity index (χ3n) is 2.72. The standard InChI is InChI=1S/C13H13BrF3NO3/c1-7-4-9(14)3-2-8(7)5-11(19)18-10(12(20)21)6-13(15,16)17/h2-4,10H,5-6H2,1H3,(H,18,19)(H,20,21). The molecule has 1 atom stereocenters. The summed E-state index contributed by atoms with van der Waals surface area (Å²) in [6, 6.07) is 3.12. The molecule has 0 aliphatic rings. The van der Waals surface area contributed by atoms with Gasteiger partial charge in [0.1, 0.15) is 6.04 Å². The fourth-order valence-electron chi connectivity index (χ4n) is 1.71. The summed E-state index contributed by atoms with van der Waals surface area (Å²) in [4.78, 5) is 22.5. The zero-order chi connectivity index (χ0) is 16.2. The molecular formula is C13H13BrF3NO3. The second-order valence-electron chi connectivity index (χ2n) is 4.53. The van der Waals surface area contributed by atoms with Gasteiger partial charge in [0, 0.05) is 4.47 Å². The molecule has 0 aliphatic heterocycles. The van der Waals surface area contributed by atoms with E-state index in [0.717, 1.165) is 10.0 Å². The maximum atomic E-state index is 12.2. The Morgan fingerprint density at radius 3 is 2.48 bits per heavy atom. The molecule has 1 aromatic carbocycles. The molecular weight excluding hydrogens is 355 g/mol. The molecule has 0 heterocycles. The van der Waals surface area contributed by atoms with Crippen LogP contribution in [0.5, 0.6) is 0 Å². The Balaban J connectivity index is 2.72. The number of aryl methyl sites for hydroxylation is 1. The first kappa shape index (κ1) is 17.5. The van der Waals surface area contributed by atoms with E-state index in [1.807, 2.05) is 5.32 Å². The van der Waals surface area contributed by atoms with Crippen LogP contribution in [0.2, 0.25) is 0 Å². The van der Waals surface area contributed by atoms with Crippen molar-refractivity contribution in [3.8, 4) is 0 Å². The lowest BCUT2D eigenvalue weighted by molar-refractivity contribution is -0.159. The Hall–Kier alpha value is -1.57. The summed E-state index contributed by atoms with van der Waals surface area (Å²) in [6.45, 7) is 1.75. The van der Waals surface area contributed by atoms with Gasteiger partial charge in [0.2, 0.25) is 5.91 Å². The molecule has 116 valence electrons. The van der Waals surface area contributed by atoms with E-state index in [4.69, 9.17) is 5.11 Å². The molecule has 0 saturated carbocycles. The molecule has 0 bridgehead atoms. The van der Waals surface area contributed by atoms with Crippen LogP contribution in [0, 0.1) is 6.92 Å². The Bertz CT molecular complexity index is 546. The van der Waals surface area contributed by atoms with Gasteiger partial charge in [-0.1, -0.05) is 22.0 Å². The number of hydrogen-bond donors (Lipinski definition) is 2. The van der Waals surface area contributed by atoms with E-state index in [2.05, 4.69) is 15.9 Å². The van der Waals surface area contributed by atoms with Crippen molar-refractivity contribution in [1.82, 2.24) is 5.32 Å². The SMILES string of the molecule is Cc1cc(Br)ccc1CC(=O)NC(CC(F)(F)F)C(=O)O. The molecule has 0 saturated heterocycles. The number of nitrogens with one attached hydrogen (secondary N) is 1. The van der Waals surface area contributed by atoms with Crippen molar-refractivity contribution in [1.29, 1.82) is 0 Å². The quantitative estimate of drug-likeness (QED) is 0.840. The summed E-state index contributed by atoms with van der Waals surface area (Å²) in [7, 11) is 0. The Morgan fingerprint density at radius 1 is 1.38 bits per heavy atom. The smallest absolute Gasteiger partial charge is 0.391 e. The monoisotopic (exact) mass is 367 g/mol. The number of carbonyl (C=O) groups excluding carboxylic acids is 1.